The number of nitrogens with one attached hydrogen (secondary N) is 2. The monoisotopic (exact) mass is 362 g/mol. The van der Waals surface area contributed by atoms with Crippen LogP contribution in [0.1, 0.15) is 19.8 Å². The highest BCUT2D eigenvalue weighted by molar-refractivity contribution is 8.00. The second-order valence-electron chi connectivity index (χ2n) is 6.72. The minimum Gasteiger partial charge on any atom is -0.355 e. The van der Waals surface area contributed by atoms with E-state index >= 15 is 0 Å². The maximum Gasteiger partial charge on any atom is 0.230 e. The average molecular weight is 363 g/mol. The van der Waals surface area contributed by atoms with Gasteiger partial charge in [0.05, 0.1) is 5.75 Å². The molecule has 0 aromatic heterocycles. The molecule has 1 amide bonds. The summed E-state index contributed by atoms with van der Waals surface area (Å²) in [6.07, 6.45) is 2.22. The van der Waals surface area contributed by atoms with Crippen LogP contribution >= 0.6 is 23.4 Å². The number of hydrogen-bond donors (Lipinski definition) is 2. The maximum absolute atomic E-state index is 12.2. The third kappa shape index (κ3) is 4.24. The van der Waals surface area contributed by atoms with Crippen LogP contribution in [0, 0.1) is 5.41 Å². The Bertz CT molecular complexity index is 723. The van der Waals surface area contributed by atoms with Gasteiger partial charge in [-0.3, -0.25) is 4.79 Å². The molecule has 2 N–H and O–H groups in total. The van der Waals surface area contributed by atoms with E-state index in [-0.39, 0.29) is 11.3 Å². The van der Waals surface area contributed by atoms with Crippen LogP contribution in [-0.2, 0) is 4.79 Å². The summed E-state index contributed by atoms with van der Waals surface area (Å²) in [5.41, 5.74) is 0.217. The van der Waals surface area contributed by atoms with Gasteiger partial charge in [0.2, 0.25) is 5.91 Å². The highest BCUT2D eigenvalue weighted by Crippen LogP contribution is 2.33. The molecule has 2 aromatic rings. The molecule has 1 fully saturated rings. The first kappa shape index (κ1) is 17.6. The lowest BCUT2D eigenvalue weighted by Crippen LogP contribution is -2.43. The third-order valence-electron chi connectivity index (χ3n) is 4.70. The van der Waals surface area contributed by atoms with Crippen molar-refractivity contribution in [1.29, 1.82) is 0 Å². The highest BCUT2D eigenvalue weighted by atomic mass is 35.5. The molecule has 128 valence electrons. The van der Waals surface area contributed by atoms with Gasteiger partial charge in [0.25, 0.3) is 0 Å². The molecule has 0 atom stereocenters. The van der Waals surface area contributed by atoms with E-state index in [1.165, 1.54) is 0 Å². The Labute approximate surface area is 152 Å². The van der Waals surface area contributed by atoms with E-state index in [9.17, 15) is 4.79 Å². The minimum absolute atomic E-state index is 0.0869. The number of amides is 1. The fourth-order valence-corrected chi connectivity index (χ4v) is 4.37. The number of hydrogen-bond acceptors (Lipinski definition) is 3. The summed E-state index contributed by atoms with van der Waals surface area (Å²) < 4.78 is 0. The van der Waals surface area contributed by atoms with Crippen molar-refractivity contribution in [2.24, 2.45) is 5.41 Å². The summed E-state index contributed by atoms with van der Waals surface area (Å²) >= 11 is 7.89. The Balaban J connectivity index is 1.59. The average Bonchev–Trinajstić information content (AvgIpc) is 2.59. The molecule has 1 aliphatic rings. The van der Waals surface area contributed by atoms with E-state index in [2.05, 4.69) is 17.6 Å². The molecule has 0 unspecified atom stereocenters. The van der Waals surface area contributed by atoms with Gasteiger partial charge in [0, 0.05) is 21.8 Å². The molecule has 1 heterocycles. The van der Waals surface area contributed by atoms with Crippen molar-refractivity contribution in [3.63, 3.8) is 0 Å². The lowest BCUT2D eigenvalue weighted by molar-refractivity contribution is -0.119. The minimum atomic E-state index is 0.0869. The molecule has 1 aliphatic heterocycles. The molecule has 0 saturated carbocycles. The summed E-state index contributed by atoms with van der Waals surface area (Å²) in [7, 11) is 0. The van der Waals surface area contributed by atoms with Crippen LogP contribution < -0.4 is 10.6 Å². The van der Waals surface area contributed by atoms with Gasteiger partial charge in [0.1, 0.15) is 0 Å². The molecule has 24 heavy (non-hydrogen) atoms. The molecule has 3 rings (SSSR count). The molecule has 0 bridgehead atoms. The highest BCUT2D eigenvalue weighted by Gasteiger charge is 2.26. The molecule has 5 heteroatoms. The first-order valence-electron chi connectivity index (χ1n) is 8.35. The number of piperidine rings is 1. The van der Waals surface area contributed by atoms with E-state index in [4.69, 9.17) is 11.6 Å². The molecule has 0 radical (unpaired) electrons. The lowest BCUT2D eigenvalue weighted by atomic mass is 9.81. The second kappa shape index (κ2) is 7.77. The van der Waals surface area contributed by atoms with E-state index in [1.807, 2.05) is 36.4 Å². The predicted octanol–water partition coefficient (Wildman–Crippen LogP) is 4.09. The van der Waals surface area contributed by atoms with E-state index < -0.39 is 0 Å². The Hall–Kier alpha value is -1.23. The van der Waals surface area contributed by atoms with Gasteiger partial charge in [-0.05, 0) is 48.9 Å². The van der Waals surface area contributed by atoms with Gasteiger partial charge in [-0.15, -0.1) is 11.8 Å². The van der Waals surface area contributed by atoms with Gasteiger partial charge >= 0.3 is 0 Å². The number of thioether (sulfide) groups is 1. The van der Waals surface area contributed by atoms with Crippen LogP contribution in [0.4, 0.5) is 0 Å². The summed E-state index contributed by atoms with van der Waals surface area (Å²) in [5.74, 6) is 0.502. The summed E-state index contributed by atoms with van der Waals surface area (Å²) in [5, 5.41) is 9.35. The van der Waals surface area contributed by atoms with Crippen molar-refractivity contribution in [3.8, 4) is 0 Å². The quantitative estimate of drug-likeness (QED) is 0.787. The predicted molar refractivity (Wildman–Crippen MR) is 103 cm³/mol. The van der Waals surface area contributed by atoms with Crippen LogP contribution in [0.25, 0.3) is 10.8 Å². The Morgan fingerprint density at radius 2 is 1.96 bits per heavy atom. The SMILES string of the molecule is CC1(CNC(=O)CSc2cccc3cccc(Cl)c23)CCNCC1. The zero-order chi connectivity index (χ0) is 17.0. The molecular weight excluding hydrogens is 340 g/mol. The number of carbonyl (C=O) groups excluding carboxylic acids is 1. The number of halogens is 1. The standard InChI is InChI=1S/C19H23ClN2OS/c1-19(8-10-21-11-9-19)13-22-17(23)12-24-16-7-3-5-14-4-2-6-15(20)18(14)16/h2-7,21H,8-13H2,1H3,(H,22,23). The van der Waals surface area contributed by atoms with Crippen molar-refractivity contribution < 1.29 is 4.79 Å². The van der Waals surface area contributed by atoms with E-state index in [0.717, 1.165) is 53.2 Å². The van der Waals surface area contributed by atoms with Crippen LogP contribution in [0.2, 0.25) is 5.02 Å². The van der Waals surface area contributed by atoms with Gasteiger partial charge in [-0.1, -0.05) is 42.8 Å². The largest absolute Gasteiger partial charge is 0.355 e. The normalized spacial score (nSPS) is 16.9. The summed E-state index contributed by atoms with van der Waals surface area (Å²) in [6.45, 7) is 5.08. The molecule has 1 saturated heterocycles. The van der Waals surface area contributed by atoms with E-state index in [1.54, 1.807) is 11.8 Å². The van der Waals surface area contributed by atoms with Crippen molar-refractivity contribution in [2.45, 2.75) is 24.7 Å². The zero-order valence-corrected chi connectivity index (χ0v) is 15.5. The van der Waals surface area contributed by atoms with Gasteiger partial charge in [-0.25, -0.2) is 0 Å². The molecule has 0 spiro atoms. The van der Waals surface area contributed by atoms with Crippen LogP contribution in [0.15, 0.2) is 41.3 Å². The number of fused-ring (bicyclic) bond motifs is 1. The van der Waals surface area contributed by atoms with Gasteiger partial charge in [-0.2, -0.15) is 0 Å². The van der Waals surface area contributed by atoms with Crippen LogP contribution in [-0.4, -0.2) is 31.3 Å². The summed E-state index contributed by atoms with van der Waals surface area (Å²) in [6, 6.07) is 12.0. The van der Waals surface area contributed by atoms with E-state index in [0.29, 0.717) is 5.75 Å². The Kier molecular flexibility index (Phi) is 5.69. The molecule has 3 nitrogen and oxygen atoms in total. The maximum atomic E-state index is 12.2. The first-order valence-corrected chi connectivity index (χ1v) is 9.71. The van der Waals surface area contributed by atoms with Crippen molar-refractivity contribution in [1.82, 2.24) is 10.6 Å². The third-order valence-corrected chi connectivity index (χ3v) is 6.07. The zero-order valence-electron chi connectivity index (χ0n) is 13.9. The molecule has 0 aliphatic carbocycles. The van der Waals surface area contributed by atoms with Gasteiger partial charge < -0.3 is 10.6 Å². The fourth-order valence-electron chi connectivity index (χ4n) is 3.10. The topological polar surface area (TPSA) is 41.1 Å². The number of carbonyl (C=O) groups is 1. The Morgan fingerprint density at radius 3 is 2.71 bits per heavy atom. The van der Waals surface area contributed by atoms with Crippen molar-refractivity contribution in [3.05, 3.63) is 41.4 Å². The Morgan fingerprint density at radius 1 is 1.25 bits per heavy atom. The summed E-state index contributed by atoms with van der Waals surface area (Å²) in [4.78, 5) is 13.3. The second-order valence-corrected chi connectivity index (χ2v) is 8.14. The van der Waals surface area contributed by atoms with Crippen molar-refractivity contribution >= 4 is 40.0 Å². The lowest BCUT2D eigenvalue weighted by Gasteiger charge is -2.34. The number of benzene rings is 2. The molecular formula is C19H23ClN2OS. The van der Waals surface area contributed by atoms with Gasteiger partial charge in [0.15, 0.2) is 0 Å². The molecule has 2 aromatic carbocycles. The number of rotatable bonds is 5. The van der Waals surface area contributed by atoms with Crippen LogP contribution in [0.3, 0.4) is 0 Å². The smallest absolute Gasteiger partial charge is 0.230 e. The first-order chi connectivity index (χ1) is 11.6. The van der Waals surface area contributed by atoms with Crippen LogP contribution in [0.5, 0.6) is 0 Å². The fraction of sp³-hybridized carbons (Fsp3) is 0.421. The van der Waals surface area contributed by atoms with Crippen molar-refractivity contribution in [2.75, 3.05) is 25.4 Å².